The van der Waals surface area contributed by atoms with Gasteiger partial charge in [-0.05, 0) is 12.8 Å². The number of hydrogen-bond donors (Lipinski definition) is 0. The lowest BCUT2D eigenvalue weighted by atomic mass is 10.1. The molecule has 0 bridgehead atoms. The molecule has 0 fully saturated rings. The smallest absolute Gasteiger partial charge is 0.302 e. The number of alkyl halides is 2. The number of ether oxygens (including phenoxy) is 1. The van der Waals surface area contributed by atoms with Crippen LogP contribution in [0.25, 0.3) is 0 Å². The first-order valence-electron chi connectivity index (χ1n) is 4.53. The van der Waals surface area contributed by atoms with Crippen LogP contribution in [-0.4, -0.2) is 15.8 Å². The molecule has 0 aromatic carbocycles. The topological polar surface area (TPSA) is 26.3 Å². The van der Waals surface area contributed by atoms with Crippen LogP contribution < -0.4 is 0 Å². The molecular formula is C9H16Br2O2. The minimum Gasteiger partial charge on any atom is -0.460 e. The van der Waals surface area contributed by atoms with Crippen LogP contribution >= 0.6 is 31.9 Å². The number of hydrogen-bond acceptors (Lipinski definition) is 2. The van der Waals surface area contributed by atoms with Crippen molar-refractivity contribution < 1.29 is 9.53 Å². The van der Waals surface area contributed by atoms with Gasteiger partial charge in [-0.15, -0.1) is 0 Å². The van der Waals surface area contributed by atoms with E-state index in [9.17, 15) is 4.79 Å². The molecule has 4 heteroatoms. The third-order valence-corrected chi connectivity index (χ3v) is 2.87. The van der Waals surface area contributed by atoms with Crippen molar-refractivity contribution in [1.82, 2.24) is 0 Å². The summed E-state index contributed by atoms with van der Waals surface area (Å²) in [5.74, 6) is -0.217. The molecule has 1 atom stereocenters. The minimum atomic E-state index is -0.217. The predicted molar refractivity (Wildman–Crippen MR) is 61.3 cm³/mol. The normalized spacial score (nSPS) is 13.0. The molecule has 0 aliphatic heterocycles. The molecule has 0 heterocycles. The first-order valence-corrected chi connectivity index (χ1v) is 6.36. The molecule has 0 saturated heterocycles. The summed E-state index contributed by atoms with van der Waals surface area (Å²) in [6.07, 6.45) is 4.33. The Bertz CT molecular complexity index is 149. The van der Waals surface area contributed by atoms with Gasteiger partial charge in [0.05, 0.1) is 0 Å². The van der Waals surface area contributed by atoms with E-state index < -0.39 is 0 Å². The van der Waals surface area contributed by atoms with Gasteiger partial charge in [0, 0.05) is 6.92 Å². The maximum absolute atomic E-state index is 10.7. The lowest BCUT2D eigenvalue weighted by Gasteiger charge is -2.17. The second kappa shape index (κ2) is 7.80. The molecular weight excluding hydrogens is 300 g/mol. The van der Waals surface area contributed by atoms with E-state index in [-0.39, 0.29) is 15.8 Å². The van der Waals surface area contributed by atoms with Crippen molar-refractivity contribution in [3.05, 3.63) is 0 Å². The maximum Gasteiger partial charge on any atom is 0.302 e. The Balaban J connectivity index is 3.74. The minimum absolute atomic E-state index is 0.0518. The summed E-state index contributed by atoms with van der Waals surface area (Å²) >= 11 is 6.72. The first kappa shape index (κ1) is 13.4. The Morgan fingerprint density at radius 1 is 1.38 bits per heavy atom. The maximum atomic E-state index is 10.7. The second-order valence-electron chi connectivity index (χ2n) is 2.98. The molecule has 0 N–H and O–H groups in total. The summed E-state index contributed by atoms with van der Waals surface area (Å²) < 4.78 is 5.18. The van der Waals surface area contributed by atoms with Gasteiger partial charge in [0.25, 0.3) is 0 Å². The molecule has 0 aromatic heterocycles. The molecule has 0 aliphatic rings. The van der Waals surface area contributed by atoms with E-state index in [0.29, 0.717) is 0 Å². The zero-order valence-electron chi connectivity index (χ0n) is 8.06. The van der Waals surface area contributed by atoms with Crippen LogP contribution in [-0.2, 0) is 9.53 Å². The molecule has 0 spiro atoms. The van der Waals surface area contributed by atoms with Crippen molar-refractivity contribution in [1.29, 1.82) is 0 Å². The summed E-state index contributed by atoms with van der Waals surface area (Å²) in [4.78, 5) is 10.7. The summed E-state index contributed by atoms with van der Waals surface area (Å²) in [5, 5.41) is 0. The van der Waals surface area contributed by atoms with Crippen molar-refractivity contribution in [3.8, 4) is 0 Å². The van der Waals surface area contributed by atoms with Gasteiger partial charge in [0.2, 0.25) is 0 Å². The van der Waals surface area contributed by atoms with Crippen molar-refractivity contribution in [2.75, 3.05) is 0 Å². The number of rotatable bonds is 6. The predicted octanol–water partition coefficient (Wildman–Crippen LogP) is 3.61. The highest BCUT2D eigenvalue weighted by atomic mass is 79.9. The molecule has 0 rings (SSSR count). The van der Waals surface area contributed by atoms with Gasteiger partial charge in [-0.3, -0.25) is 4.79 Å². The average molecular weight is 316 g/mol. The van der Waals surface area contributed by atoms with Gasteiger partial charge >= 0.3 is 5.97 Å². The lowest BCUT2D eigenvalue weighted by Crippen LogP contribution is -2.22. The Kier molecular flexibility index (Phi) is 8.06. The molecule has 0 radical (unpaired) electrons. The fraction of sp³-hybridized carbons (Fsp3) is 0.889. The van der Waals surface area contributed by atoms with Gasteiger partial charge in [-0.1, -0.05) is 51.6 Å². The van der Waals surface area contributed by atoms with Gasteiger partial charge < -0.3 is 4.74 Å². The van der Waals surface area contributed by atoms with Crippen molar-refractivity contribution in [2.45, 2.75) is 49.4 Å². The Hall–Kier alpha value is 0.430. The molecule has 0 aromatic rings. The Morgan fingerprint density at radius 2 is 2.00 bits per heavy atom. The van der Waals surface area contributed by atoms with Crippen LogP contribution in [0.3, 0.4) is 0 Å². The molecule has 0 aliphatic carbocycles. The van der Waals surface area contributed by atoms with Crippen molar-refractivity contribution >= 4 is 37.8 Å². The van der Waals surface area contributed by atoms with Gasteiger partial charge in [-0.2, -0.15) is 0 Å². The van der Waals surface area contributed by atoms with Gasteiger partial charge in [-0.25, -0.2) is 0 Å². The fourth-order valence-electron chi connectivity index (χ4n) is 1.05. The van der Waals surface area contributed by atoms with Gasteiger partial charge in [0.15, 0.2) is 0 Å². The second-order valence-corrected chi connectivity index (χ2v) is 6.18. The van der Waals surface area contributed by atoms with E-state index in [4.69, 9.17) is 4.74 Å². The van der Waals surface area contributed by atoms with E-state index in [0.717, 1.165) is 12.8 Å². The molecule has 0 saturated carbocycles. The monoisotopic (exact) mass is 314 g/mol. The molecule has 1 unspecified atom stereocenters. The van der Waals surface area contributed by atoms with E-state index in [1.165, 1.54) is 19.8 Å². The number of carbonyl (C=O) groups is 1. The van der Waals surface area contributed by atoms with E-state index in [1.54, 1.807) is 0 Å². The zero-order chi connectivity index (χ0) is 10.3. The highest BCUT2D eigenvalue weighted by molar-refractivity contribution is 9.24. The summed E-state index contributed by atoms with van der Waals surface area (Å²) in [5.41, 5.74) is 0. The third-order valence-electron chi connectivity index (χ3n) is 1.69. The Labute approximate surface area is 96.7 Å². The largest absolute Gasteiger partial charge is 0.460 e. The molecule has 78 valence electrons. The average Bonchev–Trinajstić information content (AvgIpc) is 2.02. The van der Waals surface area contributed by atoms with Crippen LogP contribution in [0.1, 0.15) is 39.5 Å². The zero-order valence-corrected chi connectivity index (χ0v) is 11.2. The van der Waals surface area contributed by atoms with Crippen LogP contribution in [0.2, 0.25) is 0 Å². The first-order chi connectivity index (χ1) is 6.07. The standard InChI is InChI=1S/C9H16Br2O2/c1-3-4-5-6-8(9(10)11)13-7(2)12/h8-9H,3-6H2,1-2H3. The lowest BCUT2D eigenvalue weighted by molar-refractivity contribution is -0.145. The number of halogens is 2. The van der Waals surface area contributed by atoms with Crippen LogP contribution in [0.4, 0.5) is 0 Å². The highest BCUT2D eigenvalue weighted by Crippen LogP contribution is 2.21. The van der Waals surface area contributed by atoms with Crippen molar-refractivity contribution in [2.24, 2.45) is 0 Å². The quantitative estimate of drug-likeness (QED) is 0.425. The summed E-state index contributed by atoms with van der Waals surface area (Å²) in [6, 6.07) is 0. The molecule has 13 heavy (non-hydrogen) atoms. The van der Waals surface area contributed by atoms with Gasteiger partial charge in [0.1, 0.15) is 9.84 Å². The van der Waals surface area contributed by atoms with E-state index in [2.05, 4.69) is 38.8 Å². The van der Waals surface area contributed by atoms with Crippen LogP contribution in [0.5, 0.6) is 0 Å². The molecule has 0 amide bonds. The van der Waals surface area contributed by atoms with Crippen LogP contribution in [0.15, 0.2) is 0 Å². The Morgan fingerprint density at radius 3 is 2.38 bits per heavy atom. The third kappa shape index (κ3) is 7.50. The fourth-order valence-corrected chi connectivity index (χ4v) is 1.79. The summed E-state index contributed by atoms with van der Waals surface area (Å²) in [7, 11) is 0. The summed E-state index contributed by atoms with van der Waals surface area (Å²) in [6.45, 7) is 3.59. The van der Waals surface area contributed by atoms with E-state index in [1.807, 2.05) is 0 Å². The highest BCUT2D eigenvalue weighted by Gasteiger charge is 2.18. The number of unbranched alkanes of at least 4 members (excludes halogenated alkanes) is 2. The SMILES string of the molecule is CCCCCC(OC(C)=O)C(Br)Br. The molecule has 2 nitrogen and oxygen atoms in total. The number of carbonyl (C=O) groups excluding carboxylic acids is 1. The van der Waals surface area contributed by atoms with Crippen molar-refractivity contribution in [3.63, 3.8) is 0 Å². The number of esters is 1. The van der Waals surface area contributed by atoms with E-state index >= 15 is 0 Å². The van der Waals surface area contributed by atoms with Crippen LogP contribution in [0, 0.1) is 0 Å².